The van der Waals surface area contributed by atoms with Crippen LogP contribution in [0.4, 0.5) is 0 Å². The van der Waals surface area contributed by atoms with Crippen molar-refractivity contribution in [1.82, 2.24) is 0 Å². The minimum atomic E-state index is -1.62. The van der Waals surface area contributed by atoms with E-state index < -0.39 is 14.2 Å². The fraction of sp³-hybridized carbons (Fsp3) is 0. The number of benzene rings is 2. The van der Waals surface area contributed by atoms with Crippen LogP contribution in [0.15, 0.2) is 36.4 Å². The van der Waals surface area contributed by atoms with Gasteiger partial charge in [-0.3, -0.25) is 4.79 Å². The van der Waals surface area contributed by atoms with Crippen molar-refractivity contribution < 1.29 is 24.9 Å². The zero-order valence-corrected chi connectivity index (χ0v) is 10.3. The summed E-state index contributed by atoms with van der Waals surface area (Å²) >= 11 is 0. The first-order chi connectivity index (χ1) is 9.49. The Balaban J connectivity index is 2.22. The summed E-state index contributed by atoms with van der Waals surface area (Å²) in [6.07, 6.45) is 0. The molecule has 7 heteroatoms. The highest BCUT2D eigenvalue weighted by Gasteiger charge is 2.29. The van der Waals surface area contributed by atoms with Crippen LogP contribution in [0.5, 0.6) is 0 Å². The molecule has 0 radical (unpaired) electrons. The van der Waals surface area contributed by atoms with Crippen LogP contribution >= 0.6 is 0 Å². The van der Waals surface area contributed by atoms with Crippen LogP contribution in [0.1, 0.15) is 15.9 Å². The Labute approximate surface area is 115 Å². The number of rotatable bonds is 2. The van der Waals surface area contributed by atoms with Crippen molar-refractivity contribution >= 4 is 30.9 Å². The summed E-state index contributed by atoms with van der Waals surface area (Å²) < 4.78 is 0. The quantitative estimate of drug-likeness (QED) is 0.413. The van der Waals surface area contributed by atoms with Gasteiger partial charge in [-0.05, 0) is 22.1 Å². The first-order valence-corrected chi connectivity index (χ1v) is 6.04. The molecule has 0 saturated carbocycles. The minimum Gasteiger partial charge on any atom is -0.423 e. The Kier molecular flexibility index (Phi) is 2.99. The second kappa shape index (κ2) is 4.57. The monoisotopic (exact) mass is 268 g/mol. The van der Waals surface area contributed by atoms with Crippen molar-refractivity contribution in [2.24, 2.45) is 0 Å². The Morgan fingerprint density at radius 3 is 1.40 bits per heavy atom. The maximum atomic E-state index is 12.2. The molecule has 3 rings (SSSR count). The molecule has 4 N–H and O–H groups in total. The summed E-state index contributed by atoms with van der Waals surface area (Å²) in [6, 6.07) is 9.10. The Bertz CT molecular complexity index is 652. The zero-order valence-electron chi connectivity index (χ0n) is 10.3. The third-order valence-corrected chi connectivity index (χ3v) is 3.46. The van der Waals surface area contributed by atoms with Crippen LogP contribution in [0, 0.1) is 0 Å². The van der Waals surface area contributed by atoms with Gasteiger partial charge in [0.1, 0.15) is 0 Å². The standard InChI is InChI=1S/C13H10B2O5/c16-13-9-3-1-7(14(17)18)5-11(9)12-6-8(15(19)20)2-4-10(12)13/h1-6,17-20H. The Morgan fingerprint density at radius 2 is 1.05 bits per heavy atom. The van der Waals surface area contributed by atoms with Gasteiger partial charge in [-0.15, -0.1) is 0 Å². The number of ketones is 1. The number of carbonyl (C=O) groups is 1. The fourth-order valence-corrected chi connectivity index (χ4v) is 2.43. The van der Waals surface area contributed by atoms with Gasteiger partial charge in [0.05, 0.1) is 0 Å². The second-order valence-electron chi connectivity index (χ2n) is 4.69. The summed E-state index contributed by atoms with van der Waals surface area (Å²) in [5, 5.41) is 36.8. The molecule has 0 unspecified atom stereocenters. The van der Waals surface area contributed by atoms with E-state index in [1.165, 1.54) is 24.3 Å². The fourth-order valence-electron chi connectivity index (χ4n) is 2.43. The molecule has 0 heterocycles. The largest absolute Gasteiger partial charge is 0.488 e. The molecule has 0 aliphatic heterocycles. The van der Waals surface area contributed by atoms with Gasteiger partial charge in [0.15, 0.2) is 5.78 Å². The van der Waals surface area contributed by atoms with Crippen molar-refractivity contribution in [1.29, 1.82) is 0 Å². The predicted octanol–water partition coefficient (Wildman–Crippen LogP) is -1.74. The summed E-state index contributed by atoms with van der Waals surface area (Å²) in [4.78, 5) is 12.2. The van der Waals surface area contributed by atoms with Gasteiger partial charge in [0.25, 0.3) is 0 Å². The van der Waals surface area contributed by atoms with Crippen molar-refractivity contribution in [3.8, 4) is 11.1 Å². The molecule has 0 atom stereocenters. The van der Waals surface area contributed by atoms with Crippen molar-refractivity contribution in [3.63, 3.8) is 0 Å². The van der Waals surface area contributed by atoms with Gasteiger partial charge in [0.2, 0.25) is 0 Å². The first kappa shape index (κ1) is 13.1. The van der Waals surface area contributed by atoms with Crippen LogP contribution < -0.4 is 10.9 Å². The molecular formula is C13H10B2O5. The van der Waals surface area contributed by atoms with Crippen LogP contribution in [0.2, 0.25) is 0 Å². The third kappa shape index (κ3) is 1.88. The average molecular weight is 268 g/mol. The second-order valence-corrected chi connectivity index (χ2v) is 4.69. The molecule has 20 heavy (non-hydrogen) atoms. The van der Waals surface area contributed by atoms with Crippen molar-refractivity contribution in [3.05, 3.63) is 47.5 Å². The maximum absolute atomic E-state index is 12.2. The summed E-state index contributed by atoms with van der Waals surface area (Å²) in [7, 11) is -3.24. The van der Waals surface area contributed by atoms with E-state index in [0.717, 1.165) is 0 Å². The lowest BCUT2D eigenvalue weighted by Crippen LogP contribution is -2.30. The first-order valence-electron chi connectivity index (χ1n) is 6.04. The summed E-state index contributed by atoms with van der Waals surface area (Å²) in [5.74, 6) is -0.159. The zero-order chi connectivity index (χ0) is 14.4. The van der Waals surface area contributed by atoms with E-state index in [4.69, 9.17) is 0 Å². The SMILES string of the molecule is O=C1c2ccc(B(O)O)cc2-c2cc(B(O)O)ccc21. The molecule has 2 aromatic carbocycles. The molecule has 0 amide bonds. The molecular weight excluding hydrogens is 258 g/mol. The molecule has 0 saturated heterocycles. The lowest BCUT2D eigenvalue weighted by molar-refractivity contribution is 0.104. The van der Waals surface area contributed by atoms with Gasteiger partial charge in [-0.1, -0.05) is 36.4 Å². The predicted molar refractivity (Wildman–Crippen MR) is 75.0 cm³/mol. The lowest BCUT2D eigenvalue weighted by Gasteiger charge is -2.05. The normalized spacial score (nSPS) is 12.1. The van der Waals surface area contributed by atoms with Crippen molar-refractivity contribution in [2.45, 2.75) is 0 Å². The van der Waals surface area contributed by atoms with Gasteiger partial charge in [-0.2, -0.15) is 0 Å². The average Bonchev–Trinajstić information content (AvgIpc) is 2.71. The molecule has 1 aliphatic carbocycles. The molecule has 98 valence electrons. The van der Waals surface area contributed by atoms with Crippen LogP contribution in [0.3, 0.4) is 0 Å². The lowest BCUT2D eigenvalue weighted by atomic mass is 9.77. The number of hydrogen-bond acceptors (Lipinski definition) is 5. The highest BCUT2D eigenvalue weighted by molar-refractivity contribution is 6.59. The highest BCUT2D eigenvalue weighted by atomic mass is 16.4. The smallest absolute Gasteiger partial charge is 0.423 e. The summed E-state index contributed by atoms with van der Waals surface area (Å²) in [6.45, 7) is 0. The molecule has 0 fully saturated rings. The van der Waals surface area contributed by atoms with E-state index in [-0.39, 0.29) is 16.7 Å². The van der Waals surface area contributed by atoms with Gasteiger partial charge < -0.3 is 20.1 Å². The Morgan fingerprint density at radius 1 is 0.650 bits per heavy atom. The molecule has 0 bridgehead atoms. The maximum Gasteiger partial charge on any atom is 0.488 e. The van der Waals surface area contributed by atoms with Gasteiger partial charge in [0, 0.05) is 11.1 Å². The van der Waals surface area contributed by atoms with E-state index >= 15 is 0 Å². The van der Waals surface area contributed by atoms with E-state index in [1.54, 1.807) is 12.1 Å². The van der Waals surface area contributed by atoms with Crippen LogP contribution in [0.25, 0.3) is 11.1 Å². The molecule has 1 aliphatic rings. The molecule has 0 spiro atoms. The highest BCUT2D eigenvalue weighted by Crippen LogP contribution is 2.35. The number of carbonyl (C=O) groups excluding carboxylic acids is 1. The van der Waals surface area contributed by atoms with Gasteiger partial charge in [-0.25, -0.2) is 0 Å². The van der Waals surface area contributed by atoms with E-state index in [0.29, 0.717) is 22.3 Å². The summed E-state index contributed by atoms with van der Waals surface area (Å²) in [5.41, 5.74) is 2.62. The minimum absolute atomic E-state index is 0.159. The molecule has 0 aromatic heterocycles. The Hall–Kier alpha value is -1.92. The van der Waals surface area contributed by atoms with Crippen molar-refractivity contribution in [2.75, 3.05) is 0 Å². The van der Waals surface area contributed by atoms with Crippen LogP contribution in [-0.4, -0.2) is 40.1 Å². The van der Waals surface area contributed by atoms with E-state index in [9.17, 15) is 24.9 Å². The van der Waals surface area contributed by atoms with Crippen LogP contribution in [-0.2, 0) is 0 Å². The molecule has 2 aromatic rings. The molecule has 5 nitrogen and oxygen atoms in total. The number of hydrogen-bond donors (Lipinski definition) is 4. The van der Waals surface area contributed by atoms with E-state index in [2.05, 4.69) is 0 Å². The number of fused-ring (bicyclic) bond motifs is 3. The topological polar surface area (TPSA) is 98.0 Å². The van der Waals surface area contributed by atoms with E-state index in [1.807, 2.05) is 0 Å². The third-order valence-electron chi connectivity index (χ3n) is 3.46. The van der Waals surface area contributed by atoms with Gasteiger partial charge >= 0.3 is 14.2 Å².